The van der Waals surface area contributed by atoms with Gasteiger partial charge in [-0.3, -0.25) is 5.32 Å². The van der Waals surface area contributed by atoms with E-state index in [4.69, 9.17) is 0 Å². The van der Waals surface area contributed by atoms with Gasteiger partial charge in [-0.15, -0.1) is 0 Å². The van der Waals surface area contributed by atoms with Crippen molar-refractivity contribution in [3.8, 4) is 0 Å². The average Bonchev–Trinajstić information content (AvgIpc) is 2.64. The number of aryl methyl sites for hydroxylation is 1. The highest BCUT2D eigenvalue weighted by atomic mass is 32.2. The zero-order valence-electron chi connectivity index (χ0n) is 16.1. The zero-order valence-corrected chi connectivity index (χ0v) is 16.9. The van der Waals surface area contributed by atoms with Crippen LogP contribution in [-0.4, -0.2) is 43.8 Å². The Kier molecular flexibility index (Phi) is 6.25. The summed E-state index contributed by atoms with van der Waals surface area (Å²) in [5.41, 5.74) is 1.30. The minimum absolute atomic E-state index is 0. The van der Waals surface area contributed by atoms with Crippen LogP contribution in [0.2, 0.25) is 0 Å². The Morgan fingerprint density at radius 1 is 1.00 bits per heavy atom. The van der Waals surface area contributed by atoms with Gasteiger partial charge < -0.3 is 10.6 Å². The van der Waals surface area contributed by atoms with Gasteiger partial charge in [-0.05, 0) is 29.8 Å². The number of sulfonamides is 1. The van der Waals surface area contributed by atoms with E-state index in [1.54, 1.807) is 13.0 Å². The number of rotatable bonds is 7. The smallest absolute Gasteiger partial charge is 0.326 e. The van der Waals surface area contributed by atoms with Gasteiger partial charge >= 0.3 is 6.03 Å². The molecule has 0 aliphatic carbocycles. The van der Waals surface area contributed by atoms with Crippen molar-refractivity contribution in [2.24, 2.45) is 0 Å². The second-order valence-corrected chi connectivity index (χ2v) is 8.29. The van der Waals surface area contributed by atoms with Crippen LogP contribution in [-0.2, 0) is 10.0 Å². The number of urea groups is 1. The molecule has 3 aromatic rings. The van der Waals surface area contributed by atoms with Crippen LogP contribution in [0.1, 0.15) is 11.4 Å². The number of anilines is 3. The van der Waals surface area contributed by atoms with Crippen LogP contribution < -0.4 is 20.7 Å². The molecule has 2 aromatic carbocycles. The third-order valence-electron chi connectivity index (χ3n) is 3.88. The molecular weight excluding hydrogens is 392 g/mol. The van der Waals surface area contributed by atoms with Gasteiger partial charge in [0.2, 0.25) is 16.0 Å². The van der Waals surface area contributed by atoms with Gasteiger partial charge in [0.15, 0.2) is 0 Å². The molecule has 0 bridgehead atoms. The van der Waals surface area contributed by atoms with Crippen molar-refractivity contribution in [1.82, 2.24) is 14.7 Å². The molecule has 1 aromatic heterocycles. The number of carbonyl (C=O) groups is 1. The summed E-state index contributed by atoms with van der Waals surface area (Å²) in [6.07, 6.45) is 1.10. The number of benzene rings is 2. The molecule has 0 aliphatic heterocycles. The van der Waals surface area contributed by atoms with Gasteiger partial charge in [0, 0.05) is 36.2 Å². The maximum Gasteiger partial charge on any atom is 0.326 e. The summed E-state index contributed by atoms with van der Waals surface area (Å²) in [6, 6.07) is 14.7. The molecule has 3 rings (SSSR count). The molecule has 1 heterocycles. The molecular formula is C19H30N6O3S. The topological polar surface area (TPSA) is 125 Å². The van der Waals surface area contributed by atoms with E-state index in [1.165, 1.54) is 0 Å². The fraction of sp³-hybridized carbons (Fsp3) is 0.211. The number of nitrogens with zero attached hydrogens (tertiary/aromatic N) is 2. The van der Waals surface area contributed by atoms with Gasteiger partial charge in [-0.1, -0.05) is 30.3 Å². The average molecular weight is 423 g/mol. The van der Waals surface area contributed by atoms with E-state index in [-0.39, 0.29) is 18.2 Å². The van der Waals surface area contributed by atoms with Crippen molar-refractivity contribution >= 4 is 44.3 Å². The summed E-state index contributed by atoms with van der Waals surface area (Å²) < 4.78 is 24.5. The molecule has 0 spiro atoms. The first kappa shape index (κ1) is 20.5. The van der Waals surface area contributed by atoms with Gasteiger partial charge in [0.1, 0.15) is 5.82 Å². The first-order valence-corrected chi connectivity index (χ1v) is 10.8. The van der Waals surface area contributed by atoms with Crippen molar-refractivity contribution in [3.63, 3.8) is 0 Å². The fourth-order valence-electron chi connectivity index (χ4n) is 2.67. The molecule has 9 nitrogen and oxygen atoms in total. The molecule has 0 saturated carbocycles. The molecule has 4 N–H and O–H groups in total. The number of aromatic nitrogens is 2. The maximum atomic E-state index is 12.3. The van der Waals surface area contributed by atoms with Gasteiger partial charge in [-0.2, -0.15) is 4.98 Å². The summed E-state index contributed by atoms with van der Waals surface area (Å²) in [5.74, 6) is 0.621. The molecule has 0 radical (unpaired) electrons. The van der Waals surface area contributed by atoms with Crippen LogP contribution in [0.3, 0.4) is 0 Å². The third kappa shape index (κ3) is 6.40. The number of amides is 2. The molecule has 2 amide bonds. The summed E-state index contributed by atoms with van der Waals surface area (Å²) >= 11 is 0. The molecule has 10 heteroatoms. The molecule has 0 atom stereocenters. The normalized spacial score (nSPS) is 11.2. The van der Waals surface area contributed by atoms with Gasteiger partial charge in [-0.25, -0.2) is 22.9 Å². The van der Waals surface area contributed by atoms with E-state index in [0.29, 0.717) is 23.7 Å². The standard InChI is InChI=1S/C19H22N6O3S.4H2/c1-13-11-17(20-9-10-21-29(2,27)28)24-18(22-13)25-19(26)23-16-8-7-14-5-3-4-6-15(14)12-16;;;;/h3-8,11-12,21H,9-10H2,1-2H3,(H3,20,22,23,24,25,26);4*1H. The SMILES string of the molecule is Cc1cc(NCCNS(C)(=O)=O)nc(NC(=O)Nc2ccc3ccccc3c2)n1.[HH].[HH].[HH].[HH]. The number of carbonyl (C=O) groups excluding carboxylic acids is 1. The fourth-order valence-corrected chi connectivity index (χ4v) is 3.15. The van der Waals surface area contributed by atoms with Crippen molar-refractivity contribution in [2.45, 2.75) is 6.92 Å². The quantitative estimate of drug-likeness (QED) is 0.432. The Morgan fingerprint density at radius 3 is 2.52 bits per heavy atom. The lowest BCUT2D eigenvalue weighted by Gasteiger charge is -2.10. The Bertz CT molecular complexity index is 1150. The highest BCUT2D eigenvalue weighted by molar-refractivity contribution is 7.88. The third-order valence-corrected chi connectivity index (χ3v) is 4.61. The molecule has 0 unspecified atom stereocenters. The summed E-state index contributed by atoms with van der Waals surface area (Å²) in [7, 11) is -3.24. The first-order valence-electron chi connectivity index (χ1n) is 8.89. The van der Waals surface area contributed by atoms with Gasteiger partial charge in [0.25, 0.3) is 0 Å². The minimum Gasteiger partial charge on any atom is -0.369 e. The van der Waals surface area contributed by atoms with E-state index in [1.807, 2.05) is 42.5 Å². The largest absolute Gasteiger partial charge is 0.369 e. The van der Waals surface area contributed by atoms with E-state index in [9.17, 15) is 13.2 Å². The molecule has 0 fully saturated rings. The number of fused-ring (bicyclic) bond motifs is 1. The summed E-state index contributed by atoms with van der Waals surface area (Å²) in [5, 5.41) is 10.5. The Labute approximate surface area is 174 Å². The predicted octanol–water partition coefficient (Wildman–Crippen LogP) is 3.53. The lowest BCUT2D eigenvalue weighted by atomic mass is 10.1. The lowest BCUT2D eigenvalue weighted by Crippen LogP contribution is -2.28. The van der Waals surface area contributed by atoms with Crippen LogP contribution in [0.4, 0.5) is 22.2 Å². The summed E-state index contributed by atoms with van der Waals surface area (Å²) in [4.78, 5) is 20.7. The zero-order chi connectivity index (χ0) is 20.9. The highest BCUT2D eigenvalue weighted by Gasteiger charge is 2.08. The predicted molar refractivity (Wildman–Crippen MR) is 123 cm³/mol. The van der Waals surface area contributed by atoms with E-state index in [0.717, 1.165) is 17.0 Å². The maximum absolute atomic E-state index is 12.3. The number of hydrogen-bond acceptors (Lipinski definition) is 6. The van der Waals surface area contributed by atoms with Crippen molar-refractivity contribution in [1.29, 1.82) is 0 Å². The highest BCUT2D eigenvalue weighted by Crippen LogP contribution is 2.19. The van der Waals surface area contributed by atoms with Crippen LogP contribution in [0.5, 0.6) is 0 Å². The van der Waals surface area contributed by atoms with E-state index in [2.05, 4.69) is 30.6 Å². The van der Waals surface area contributed by atoms with Crippen LogP contribution >= 0.6 is 0 Å². The van der Waals surface area contributed by atoms with Crippen molar-refractivity contribution in [2.75, 3.05) is 35.3 Å². The number of hydrogen-bond donors (Lipinski definition) is 4. The molecule has 0 saturated heterocycles. The molecule has 160 valence electrons. The van der Waals surface area contributed by atoms with Gasteiger partial charge in [0.05, 0.1) is 6.26 Å². The van der Waals surface area contributed by atoms with Crippen molar-refractivity contribution < 1.29 is 18.9 Å². The Morgan fingerprint density at radius 2 is 1.76 bits per heavy atom. The molecule has 0 aliphatic rings. The number of nitrogens with one attached hydrogen (secondary N) is 4. The first-order chi connectivity index (χ1) is 13.8. The monoisotopic (exact) mass is 422 g/mol. The minimum atomic E-state index is -3.24. The van der Waals surface area contributed by atoms with Crippen LogP contribution in [0.25, 0.3) is 10.8 Å². The lowest BCUT2D eigenvalue weighted by molar-refractivity contribution is 0.262. The van der Waals surface area contributed by atoms with E-state index >= 15 is 0 Å². The second kappa shape index (κ2) is 8.84. The molecule has 29 heavy (non-hydrogen) atoms. The Balaban J connectivity index is 0. The van der Waals surface area contributed by atoms with Crippen molar-refractivity contribution in [3.05, 3.63) is 54.2 Å². The second-order valence-electron chi connectivity index (χ2n) is 6.45. The van der Waals surface area contributed by atoms with Crippen LogP contribution in [0.15, 0.2) is 48.5 Å². The summed E-state index contributed by atoms with van der Waals surface area (Å²) in [6.45, 7) is 2.33. The van der Waals surface area contributed by atoms with E-state index < -0.39 is 16.1 Å². The van der Waals surface area contributed by atoms with Crippen LogP contribution in [0, 0.1) is 6.92 Å². The Hall–Kier alpha value is -3.24.